The topological polar surface area (TPSA) is 61.8 Å². The second-order valence-corrected chi connectivity index (χ2v) is 7.12. The third-order valence-corrected chi connectivity index (χ3v) is 4.90. The number of morpholine rings is 1. The third-order valence-electron chi connectivity index (χ3n) is 4.90. The molecule has 3 rings (SSSR count). The maximum Gasteiger partial charge on any atom is 0.236 e. The van der Waals surface area contributed by atoms with Crippen molar-refractivity contribution in [2.24, 2.45) is 0 Å². The number of piperidine rings is 1. The van der Waals surface area contributed by atoms with Crippen LogP contribution in [0, 0.1) is 6.92 Å². The maximum absolute atomic E-state index is 12.7. The lowest BCUT2D eigenvalue weighted by atomic mass is 10.1. The Morgan fingerprint density at radius 3 is 2.72 bits per heavy atom. The minimum Gasteiger partial charge on any atom is -0.378 e. The number of hydrogen-bond acceptors (Lipinski definition) is 6. The highest BCUT2D eigenvalue weighted by Gasteiger charge is 2.30. The van der Waals surface area contributed by atoms with Gasteiger partial charge < -0.3 is 14.5 Å². The molecule has 0 radical (unpaired) electrons. The van der Waals surface area contributed by atoms with Crippen molar-refractivity contribution in [2.45, 2.75) is 32.2 Å². The summed E-state index contributed by atoms with van der Waals surface area (Å²) in [4.78, 5) is 28.2. The number of carbonyl (C=O) groups excluding carboxylic acids is 1. The molecule has 0 spiro atoms. The number of rotatable bonds is 4. The zero-order valence-electron chi connectivity index (χ0n) is 15.6. The van der Waals surface area contributed by atoms with Gasteiger partial charge in [-0.15, -0.1) is 0 Å². The summed E-state index contributed by atoms with van der Waals surface area (Å²) in [7, 11) is 3.95. The quantitative estimate of drug-likeness (QED) is 0.817. The minimum absolute atomic E-state index is 0.0684. The summed E-state index contributed by atoms with van der Waals surface area (Å²) in [5, 5.41) is 0. The zero-order valence-corrected chi connectivity index (χ0v) is 15.6. The summed E-state index contributed by atoms with van der Waals surface area (Å²) < 4.78 is 5.67. The number of ether oxygens (including phenoxy) is 1. The normalized spacial score (nSPS) is 22.0. The first kappa shape index (κ1) is 18.1. The highest BCUT2D eigenvalue weighted by molar-refractivity contribution is 5.78. The van der Waals surface area contributed by atoms with E-state index in [1.54, 1.807) is 0 Å². The summed E-state index contributed by atoms with van der Waals surface area (Å²) in [5.41, 5.74) is 0.932. The molecule has 2 saturated heterocycles. The Bertz CT molecular complexity index is 601. The summed E-state index contributed by atoms with van der Waals surface area (Å²) >= 11 is 0. The van der Waals surface area contributed by atoms with Gasteiger partial charge in [0.25, 0.3) is 0 Å². The van der Waals surface area contributed by atoms with E-state index in [0.29, 0.717) is 19.8 Å². The fraction of sp³-hybridized carbons (Fsp3) is 0.722. The fourth-order valence-corrected chi connectivity index (χ4v) is 3.43. The van der Waals surface area contributed by atoms with Crippen molar-refractivity contribution in [2.75, 3.05) is 58.4 Å². The Hall–Kier alpha value is -1.73. The van der Waals surface area contributed by atoms with Gasteiger partial charge in [0, 0.05) is 45.5 Å². The van der Waals surface area contributed by atoms with Crippen LogP contribution in [-0.2, 0) is 9.53 Å². The smallest absolute Gasteiger partial charge is 0.236 e. The molecule has 0 unspecified atom stereocenters. The van der Waals surface area contributed by atoms with Gasteiger partial charge in [0.05, 0.1) is 25.8 Å². The van der Waals surface area contributed by atoms with E-state index in [2.05, 4.69) is 9.88 Å². The molecule has 7 heteroatoms. The minimum atomic E-state index is -0.0684. The average Bonchev–Trinajstić information content (AvgIpc) is 2.62. The van der Waals surface area contributed by atoms with E-state index in [-0.39, 0.29) is 11.9 Å². The van der Waals surface area contributed by atoms with E-state index in [1.165, 1.54) is 6.42 Å². The number of carbonyl (C=O) groups is 1. The van der Waals surface area contributed by atoms with E-state index < -0.39 is 0 Å². The van der Waals surface area contributed by atoms with Gasteiger partial charge >= 0.3 is 0 Å². The SMILES string of the molecule is Cc1cc(N(C)C)nc([C@@H]2COCCN2CC(=O)N2CCCCC2)n1. The van der Waals surface area contributed by atoms with Crippen molar-refractivity contribution in [1.29, 1.82) is 0 Å². The maximum atomic E-state index is 12.7. The van der Waals surface area contributed by atoms with Crippen LogP contribution in [0.25, 0.3) is 0 Å². The molecule has 3 heterocycles. The van der Waals surface area contributed by atoms with Crippen LogP contribution in [0.3, 0.4) is 0 Å². The van der Waals surface area contributed by atoms with E-state index in [9.17, 15) is 4.79 Å². The summed E-state index contributed by atoms with van der Waals surface area (Å²) in [5.74, 6) is 1.84. The standard InChI is InChI=1S/C18H29N5O2/c1-14-11-16(21(2)3)20-18(19-14)15-13-25-10-9-23(15)12-17(24)22-7-5-4-6-8-22/h11,15H,4-10,12-13H2,1-3H3/t15-/m0/s1. The predicted molar refractivity (Wildman–Crippen MR) is 96.7 cm³/mol. The first-order valence-electron chi connectivity index (χ1n) is 9.17. The van der Waals surface area contributed by atoms with E-state index in [0.717, 1.165) is 49.8 Å². The van der Waals surface area contributed by atoms with Gasteiger partial charge in [-0.2, -0.15) is 0 Å². The Morgan fingerprint density at radius 1 is 1.24 bits per heavy atom. The van der Waals surface area contributed by atoms with Gasteiger partial charge in [-0.25, -0.2) is 9.97 Å². The monoisotopic (exact) mass is 347 g/mol. The van der Waals surface area contributed by atoms with Crippen molar-refractivity contribution < 1.29 is 9.53 Å². The van der Waals surface area contributed by atoms with Crippen molar-refractivity contribution >= 4 is 11.7 Å². The van der Waals surface area contributed by atoms with Crippen LogP contribution < -0.4 is 4.90 Å². The van der Waals surface area contributed by atoms with Crippen LogP contribution in [0.15, 0.2) is 6.07 Å². The Labute approximate surface area is 150 Å². The van der Waals surface area contributed by atoms with Crippen LogP contribution in [-0.4, -0.2) is 79.2 Å². The molecule has 138 valence electrons. The molecule has 0 aliphatic carbocycles. The molecule has 1 aromatic rings. The van der Waals surface area contributed by atoms with Gasteiger partial charge in [0.2, 0.25) is 5.91 Å². The number of hydrogen-bond donors (Lipinski definition) is 0. The zero-order chi connectivity index (χ0) is 17.8. The van der Waals surface area contributed by atoms with Crippen LogP contribution in [0.1, 0.15) is 36.8 Å². The number of anilines is 1. The molecule has 1 aromatic heterocycles. The molecule has 1 atom stereocenters. The number of aryl methyl sites for hydroxylation is 1. The van der Waals surface area contributed by atoms with Gasteiger partial charge in [-0.3, -0.25) is 9.69 Å². The van der Waals surface area contributed by atoms with Gasteiger partial charge in [-0.1, -0.05) is 0 Å². The molecule has 7 nitrogen and oxygen atoms in total. The lowest BCUT2D eigenvalue weighted by Crippen LogP contribution is -2.48. The van der Waals surface area contributed by atoms with Crippen molar-refractivity contribution in [3.8, 4) is 0 Å². The molecule has 2 aliphatic rings. The van der Waals surface area contributed by atoms with Gasteiger partial charge in [0.1, 0.15) is 11.6 Å². The highest BCUT2D eigenvalue weighted by Crippen LogP contribution is 2.24. The van der Waals surface area contributed by atoms with Crippen LogP contribution >= 0.6 is 0 Å². The third kappa shape index (κ3) is 4.46. The Balaban J connectivity index is 1.75. The average molecular weight is 347 g/mol. The van der Waals surface area contributed by atoms with Crippen LogP contribution in [0.5, 0.6) is 0 Å². The number of likely N-dealkylation sites (tertiary alicyclic amines) is 1. The Kier molecular flexibility index (Phi) is 5.86. The Morgan fingerprint density at radius 2 is 2.00 bits per heavy atom. The lowest BCUT2D eigenvalue weighted by Gasteiger charge is -2.36. The van der Waals surface area contributed by atoms with Crippen molar-refractivity contribution in [3.05, 3.63) is 17.6 Å². The first-order chi connectivity index (χ1) is 12.0. The van der Waals surface area contributed by atoms with E-state index in [4.69, 9.17) is 9.72 Å². The molecule has 0 aromatic carbocycles. The lowest BCUT2D eigenvalue weighted by molar-refractivity contribution is -0.135. The fourth-order valence-electron chi connectivity index (χ4n) is 3.43. The number of amides is 1. The van der Waals surface area contributed by atoms with Gasteiger partial charge in [-0.05, 0) is 26.2 Å². The van der Waals surface area contributed by atoms with Crippen LogP contribution in [0.4, 0.5) is 5.82 Å². The van der Waals surface area contributed by atoms with Crippen molar-refractivity contribution in [1.82, 2.24) is 19.8 Å². The van der Waals surface area contributed by atoms with Crippen LogP contribution in [0.2, 0.25) is 0 Å². The summed E-state index contributed by atoms with van der Waals surface area (Å²) in [6.07, 6.45) is 3.46. The first-order valence-corrected chi connectivity index (χ1v) is 9.17. The molecule has 0 bridgehead atoms. The molecule has 1 amide bonds. The molecule has 2 aliphatic heterocycles. The number of aromatic nitrogens is 2. The predicted octanol–water partition coefficient (Wildman–Crippen LogP) is 1.24. The van der Waals surface area contributed by atoms with Crippen molar-refractivity contribution in [3.63, 3.8) is 0 Å². The molecule has 25 heavy (non-hydrogen) atoms. The molecular formula is C18H29N5O2. The van der Waals surface area contributed by atoms with E-state index in [1.807, 2.05) is 36.9 Å². The summed E-state index contributed by atoms with van der Waals surface area (Å²) in [6.45, 7) is 6.09. The molecule has 2 fully saturated rings. The highest BCUT2D eigenvalue weighted by atomic mass is 16.5. The largest absolute Gasteiger partial charge is 0.378 e. The summed E-state index contributed by atoms with van der Waals surface area (Å²) in [6, 6.07) is 1.90. The van der Waals surface area contributed by atoms with Gasteiger partial charge in [0.15, 0.2) is 0 Å². The second kappa shape index (κ2) is 8.10. The molecule has 0 saturated carbocycles. The molecule has 0 N–H and O–H groups in total. The molecular weight excluding hydrogens is 318 g/mol. The second-order valence-electron chi connectivity index (χ2n) is 7.12. The number of nitrogens with zero attached hydrogens (tertiary/aromatic N) is 5. The van der Waals surface area contributed by atoms with E-state index >= 15 is 0 Å².